The van der Waals surface area contributed by atoms with Gasteiger partial charge in [-0.15, -0.1) is 0 Å². The molecule has 7 nitrogen and oxygen atoms in total. The summed E-state index contributed by atoms with van der Waals surface area (Å²) < 4.78 is 0. The summed E-state index contributed by atoms with van der Waals surface area (Å²) in [6.45, 7) is 2.54. The van der Waals surface area contributed by atoms with Crippen LogP contribution < -0.4 is 10.2 Å². The first-order chi connectivity index (χ1) is 11.7. The molecule has 1 atom stereocenters. The Morgan fingerprint density at radius 2 is 2.12 bits per heavy atom. The smallest absolute Gasteiger partial charge is 0.239 e. The van der Waals surface area contributed by atoms with Crippen molar-refractivity contribution in [2.45, 2.75) is 44.6 Å². The van der Waals surface area contributed by atoms with Crippen molar-refractivity contribution in [2.24, 2.45) is 0 Å². The summed E-state index contributed by atoms with van der Waals surface area (Å²) in [5.74, 6) is 0.892. The minimum atomic E-state index is -0.0590. The summed E-state index contributed by atoms with van der Waals surface area (Å²) in [5.41, 5.74) is 0. The van der Waals surface area contributed by atoms with Gasteiger partial charge >= 0.3 is 0 Å². The number of aromatic nitrogens is 2. The molecule has 3 heterocycles. The van der Waals surface area contributed by atoms with Crippen LogP contribution in [0.3, 0.4) is 0 Å². The van der Waals surface area contributed by atoms with Gasteiger partial charge in [0.25, 0.3) is 0 Å². The maximum Gasteiger partial charge on any atom is 0.239 e. The third-order valence-corrected chi connectivity index (χ3v) is 4.67. The molecule has 0 bridgehead atoms. The van der Waals surface area contributed by atoms with Gasteiger partial charge in [-0.05, 0) is 25.7 Å². The van der Waals surface area contributed by atoms with Gasteiger partial charge in [0, 0.05) is 44.5 Å². The third kappa shape index (κ3) is 4.43. The number of anilines is 1. The Bertz CT molecular complexity index is 565. The summed E-state index contributed by atoms with van der Waals surface area (Å²) in [4.78, 5) is 36.6. The van der Waals surface area contributed by atoms with E-state index in [-0.39, 0.29) is 24.4 Å². The highest BCUT2D eigenvalue weighted by Gasteiger charge is 2.24. The van der Waals surface area contributed by atoms with E-state index in [9.17, 15) is 9.59 Å². The van der Waals surface area contributed by atoms with Crippen molar-refractivity contribution >= 4 is 17.6 Å². The molecule has 2 aliphatic rings. The monoisotopic (exact) mass is 331 g/mol. The van der Waals surface area contributed by atoms with Crippen LogP contribution in [-0.4, -0.2) is 58.9 Å². The Hall–Kier alpha value is -2.18. The van der Waals surface area contributed by atoms with Gasteiger partial charge in [0.05, 0.1) is 12.7 Å². The van der Waals surface area contributed by atoms with Gasteiger partial charge < -0.3 is 15.1 Å². The van der Waals surface area contributed by atoms with Crippen molar-refractivity contribution in [2.75, 3.05) is 31.1 Å². The van der Waals surface area contributed by atoms with Gasteiger partial charge in [0.2, 0.25) is 11.8 Å². The molecule has 2 fully saturated rings. The van der Waals surface area contributed by atoms with Crippen molar-refractivity contribution in [1.29, 1.82) is 0 Å². The molecule has 3 rings (SSSR count). The molecule has 0 aliphatic carbocycles. The molecule has 130 valence electrons. The molecular formula is C17H25N5O2. The molecule has 1 aromatic rings. The van der Waals surface area contributed by atoms with Crippen LogP contribution in [0, 0.1) is 0 Å². The average molecular weight is 331 g/mol. The number of hydrogen-bond donors (Lipinski definition) is 1. The molecule has 7 heteroatoms. The zero-order chi connectivity index (χ0) is 16.8. The number of nitrogens with zero attached hydrogens (tertiary/aromatic N) is 4. The summed E-state index contributed by atoms with van der Waals surface area (Å²) in [6, 6.07) is 0.0929. The quantitative estimate of drug-likeness (QED) is 0.889. The lowest BCUT2D eigenvalue weighted by Crippen LogP contribution is -2.50. The van der Waals surface area contributed by atoms with E-state index in [1.54, 1.807) is 23.5 Å². The average Bonchev–Trinajstić information content (AvgIpc) is 2.80. The first-order valence-electron chi connectivity index (χ1n) is 8.80. The number of nitrogens with one attached hydrogen (secondary N) is 1. The van der Waals surface area contributed by atoms with Crippen LogP contribution >= 0.6 is 0 Å². The van der Waals surface area contributed by atoms with E-state index in [4.69, 9.17) is 0 Å². The largest absolute Gasteiger partial charge is 0.353 e. The molecule has 0 aromatic carbocycles. The number of amides is 2. The van der Waals surface area contributed by atoms with E-state index >= 15 is 0 Å². The highest BCUT2D eigenvalue weighted by Crippen LogP contribution is 2.16. The second-order valence-corrected chi connectivity index (χ2v) is 6.54. The molecule has 1 N–H and O–H groups in total. The molecular weight excluding hydrogens is 306 g/mol. The van der Waals surface area contributed by atoms with Gasteiger partial charge in [0.1, 0.15) is 5.82 Å². The standard InChI is InChI=1S/C17H25N5O2/c23-16(13-22-9-3-1-2-6-17(22)24)20-14-5-4-10-21(12-14)15-11-18-7-8-19-15/h7-8,11,14H,1-6,9-10,12-13H2,(H,20,23)/t14-/m0/s1. The van der Waals surface area contributed by atoms with E-state index in [0.29, 0.717) is 13.0 Å². The predicted molar refractivity (Wildman–Crippen MR) is 90.5 cm³/mol. The lowest BCUT2D eigenvalue weighted by Gasteiger charge is -2.34. The highest BCUT2D eigenvalue weighted by atomic mass is 16.2. The van der Waals surface area contributed by atoms with E-state index in [0.717, 1.165) is 51.0 Å². The molecule has 24 heavy (non-hydrogen) atoms. The fourth-order valence-corrected chi connectivity index (χ4v) is 3.41. The van der Waals surface area contributed by atoms with Crippen molar-refractivity contribution in [3.63, 3.8) is 0 Å². The van der Waals surface area contributed by atoms with E-state index < -0.39 is 0 Å². The first-order valence-corrected chi connectivity index (χ1v) is 8.80. The molecule has 2 saturated heterocycles. The zero-order valence-electron chi connectivity index (χ0n) is 14.0. The molecule has 0 saturated carbocycles. The lowest BCUT2D eigenvalue weighted by molar-refractivity contribution is -0.135. The second-order valence-electron chi connectivity index (χ2n) is 6.54. The number of carbonyl (C=O) groups is 2. The van der Waals surface area contributed by atoms with Crippen LogP contribution in [0.5, 0.6) is 0 Å². The Kier molecular flexibility index (Phi) is 5.61. The van der Waals surface area contributed by atoms with Gasteiger partial charge in [0.15, 0.2) is 0 Å². The van der Waals surface area contributed by atoms with Crippen molar-refractivity contribution in [3.05, 3.63) is 18.6 Å². The number of likely N-dealkylation sites (tertiary alicyclic amines) is 1. The molecule has 2 aliphatic heterocycles. The van der Waals surface area contributed by atoms with Gasteiger partial charge in [-0.3, -0.25) is 14.6 Å². The van der Waals surface area contributed by atoms with Crippen LogP contribution in [-0.2, 0) is 9.59 Å². The number of hydrogen-bond acceptors (Lipinski definition) is 5. The number of carbonyl (C=O) groups excluding carboxylic acids is 2. The van der Waals surface area contributed by atoms with Gasteiger partial charge in [-0.25, -0.2) is 4.98 Å². The highest BCUT2D eigenvalue weighted by molar-refractivity contribution is 5.85. The number of piperidine rings is 1. The zero-order valence-corrected chi connectivity index (χ0v) is 14.0. The molecule has 0 unspecified atom stereocenters. The Morgan fingerprint density at radius 1 is 1.21 bits per heavy atom. The molecule has 0 radical (unpaired) electrons. The Balaban J connectivity index is 1.51. The normalized spacial score (nSPS) is 22.2. The third-order valence-electron chi connectivity index (χ3n) is 4.67. The van der Waals surface area contributed by atoms with Crippen LogP contribution in [0.1, 0.15) is 38.5 Å². The minimum Gasteiger partial charge on any atom is -0.353 e. The van der Waals surface area contributed by atoms with Crippen molar-refractivity contribution in [3.8, 4) is 0 Å². The van der Waals surface area contributed by atoms with Crippen molar-refractivity contribution < 1.29 is 9.59 Å². The van der Waals surface area contributed by atoms with Crippen LogP contribution in [0.15, 0.2) is 18.6 Å². The maximum atomic E-state index is 12.3. The summed E-state index contributed by atoms with van der Waals surface area (Å²) in [7, 11) is 0. The number of rotatable bonds is 4. The Labute approximate surface area is 142 Å². The van der Waals surface area contributed by atoms with Crippen LogP contribution in [0.2, 0.25) is 0 Å². The topological polar surface area (TPSA) is 78.4 Å². The summed E-state index contributed by atoms with van der Waals surface area (Å²) in [6.07, 6.45) is 10.6. The predicted octanol–water partition coefficient (Wildman–Crippen LogP) is 0.964. The van der Waals surface area contributed by atoms with Gasteiger partial charge in [-0.1, -0.05) is 6.42 Å². The molecule has 2 amide bonds. The fraction of sp³-hybridized carbons (Fsp3) is 0.647. The van der Waals surface area contributed by atoms with E-state index in [1.165, 1.54) is 0 Å². The van der Waals surface area contributed by atoms with Crippen molar-refractivity contribution in [1.82, 2.24) is 20.2 Å². The first kappa shape index (κ1) is 16.7. The SMILES string of the molecule is O=C(CN1CCCCCC1=O)N[C@H]1CCCN(c2cnccn2)C1. The minimum absolute atomic E-state index is 0.0590. The van der Waals surface area contributed by atoms with Crippen LogP contribution in [0.4, 0.5) is 5.82 Å². The Morgan fingerprint density at radius 3 is 2.96 bits per heavy atom. The fourth-order valence-electron chi connectivity index (χ4n) is 3.41. The second kappa shape index (κ2) is 8.08. The van der Waals surface area contributed by atoms with E-state index in [2.05, 4.69) is 20.2 Å². The molecule has 1 aromatic heterocycles. The van der Waals surface area contributed by atoms with E-state index in [1.807, 2.05) is 0 Å². The maximum absolute atomic E-state index is 12.3. The van der Waals surface area contributed by atoms with Crippen LogP contribution in [0.25, 0.3) is 0 Å². The lowest BCUT2D eigenvalue weighted by atomic mass is 10.1. The summed E-state index contributed by atoms with van der Waals surface area (Å²) >= 11 is 0. The van der Waals surface area contributed by atoms with Gasteiger partial charge in [-0.2, -0.15) is 0 Å². The molecule has 0 spiro atoms. The summed E-state index contributed by atoms with van der Waals surface area (Å²) in [5, 5.41) is 3.08.